The predicted molar refractivity (Wildman–Crippen MR) is 101 cm³/mol. The number of amides is 1. The number of halogens is 1. The van der Waals surface area contributed by atoms with Crippen LogP contribution in [0, 0.1) is 0 Å². The number of nitrogens with zero attached hydrogens (tertiary/aromatic N) is 1. The quantitative estimate of drug-likeness (QED) is 0.870. The van der Waals surface area contributed by atoms with Crippen LogP contribution in [0.5, 0.6) is 0 Å². The van der Waals surface area contributed by atoms with Crippen molar-refractivity contribution in [1.29, 1.82) is 0 Å². The minimum Gasteiger partial charge on any atom is -0.375 e. The van der Waals surface area contributed by atoms with Crippen LogP contribution in [0.3, 0.4) is 0 Å². The molecule has 0 spiro atoms. The van der Waals surface area contributed by atoms with Crippen molar-refractivity contribution in [3.05, 3.63) is 71.1 Å². The Labute approximate surface area is 151 Å². The maximum atomic E-state index is 12.8. The first-order valence-electron chi connectivity index (χ1n) is 7.73. The monoisotopic (exact) mass is 376 g/mol. The second-order valence-corrected chi connectivity index (χ2v) is 8.00. The molecule has 0 unspecified atom stereocenters. The van der Waals surface area contributed by atoms with Gasteiger partial charge in [-0.2, -0.15) is 0 Å². The number of nitrogens with one attached hydrogen (secondary N) is 1. The number of anilines is 2. The van der Waals surface area contributed by atoms with Gasteiger partial charge in [0, 0.05) is 11.1 Å². The fraction of sp³-hybridized carbons (Fsp3) is 0.167. The van der Waals surface area contributed by atoms with Gasteiger partial charge in [0.15, 0.2) is 9.84 Å². The molecule has 0 aliphatic carbocycles. The van der Waals surface area contributed by atoms with Crippen LogP contribution < -0.4 is 10.2 Å². The van der Waals surface area contributed by atoms with Crippen LogP contribution in [-0.2, 0) is 14.6 Å². The van der Waals surface area contributed by atoms with Gasteiger partial charge in [0.2, 0.25) is 5.91 Å². The van der Waals surface area contributed by atoms with Crippen molar-refractivity contribution >= 4 is 38.7 Å². The molecule has 5 nitrogen and oxygen atoms in total. The summed E-state index contributed by atoms with van der Waals surface area (Å²) in [5.41, 5.74) is 1.31. The summed E-state index contributed by atoms with van der Waals surface area (Å²) in [6.45, 7) is 0.00299. The number of benzene rings is 2. The summed E-state index contributed by atoms with van der Waals surface area (Å²) >= 11 is 6.09. The molecule has 0 fully saturated rings. The summed E-state index contributed by atoms with van der Waals surface area (Å²) in [4.78, 5) is 14.3. The lowest BCUT2D eigenvalue weighted by molar-refractivity contribution is -0.117. The van der Waals surface area contributed by atoms with E-state index in [1.165, 1.54) is 10.3 Å². The molecule has 1 heterocycles. The Morgan fingerprint density at radius 2 is 1.80 bits per heavy atom. The third-order valence-electron chi connectivity index (χ3n) is 3.85. The summed E-state index contributed by atoms with van der Waals surface area (Å²) < 4.78 is 23.5. The van der Waals surface area contributed by atoms with Crippen molar-refractivity contribution in [2.45, 2.75) is 6.04 Å². The molecular weight excluding hydrogens is 360 g/mol. The maximum absolute atomic E-state index is 12.8. The molecule has 2 aromatic rings. The Bertz CT molecular complexity index is 898. The van der Waals surface area contributed by atoms with E-state index in [2.05, 4.69) is 5.32 Å². The minimum atomic E-state index is -3.27. The van der Waals surface area contributed by atoms with Crippen LogP contribution in [0.2, 0.25) is 5.02 Å². The van der Waals surface area contributed by atoms with Gasteiger partial charge in [-0.1, -0.05) is 41.9 Å². The summed E-state index contributed by atoms with van der Waals surface area (Å²) in [5.74, 6) is -0.349. The predicted octanol–water partition coefficient (Wildman–Crippen LogP) is 3.10. The van der Waals surface area contributed by atoms with Crippen molar-refractivity contribution in [1.82, 2.24) is 0 Å². The van der Waals surface area contributed by atoms with Crippen LogP contribution >= 0.6 is 11.6 Å². The minimum absolute atomic E-state index is 0.00299. The molecule has 2 aromatic carbocycles. The Morgan fingerprint density at radius 3 is 2.44 bits per heavy atom. The molecule has 3 rings (SSSR count). The zero-order chi connectivity index (χ0) is 17.9. The second kappa shape index (κ2) is 7.29. The molecule has 0 aromatic heterocycles. The molecular formula is C18H17ClN2O3S. The van der Waals surface area contributed by atoms with E-state index in [9.17, 15) is 13.2 Å². The van der Waals surface area contributed by atoms with Crippen molar-refractivity contribution in [2.75, 3.05) is 22.5 Å². The van der Waals surface area contributed by atoms with Crippen LogP contribution in [0.1, 0.15) is 0 Å². The van der Waals surface area contributed by atoms with E-state index in [-0.39, 0.29) is 18.2 Å². The number of hydrogen-bond acceptors (Lipinski definition) is 4. The summed E-state index contributed by atoms with van der Waals surface area (Å²) in [5, 5.41) is 4.70. The average Bonchev–Trinajstić information content (AvgIpc) is 2.95. The first-order valence-corrected chi connectivity index (χ1v) is 9.82. The SMILES string of the molecule is O=C(CNc1ccccc1Cl)N(c1ccccc1)[C@@H]1C=CS(=O)(=O)C1. The molecule has 1 aliphatic heterocycles. The highest BCUT2D eigenvalue weighted by atomic mass is 35.5. The Kier molecular flexibility index (Phi) is 5.11. The summed E-state index contributed by atoms with van der Waals surface area (Å²) in [6.07, 6.45) is 1.55. The lowest BCUT2D eigenvalue weighted by Crippen LogP contribution is -2.44. The van der Waals surface area contributed by atoms with Gasteiger partial charge in [-0.3, -0.25) is 4.79 Å². The number of carbonyl (C=O) groups is 1. The normalized spacial score (nSPS) is 18.0. The van der Waals surface area contributed by atoms with E-state index >= 15 is 0 Å². The number of carbonyl (C=O) groups excluding carboxylic acids is 1. The van der Waals surface area contributed by atoms with Gasteiger partial charge in [-0.05, 0) is 30.3 Å². The van der Waals surface area contributed by atoms with Gasteiger partial charge in [0.05, 0.1) is 29.0 Å². The van der Waals surface area contributed by atoms with Gasteiger partial charge >= 0.3 is 0 Å². The Hall–Kier alpha value is -2.31. The van der Waals surface area contributed by atoms with E-state index in [0.717, 1.165) is 0 Å². The molecule has 0 radical (unpaired) electrons. The number of rotatable bonds is 5. The fourth-order valence-electron chi connectivity index (χ4n) is 2.69. The molecule has 0 saturated carbocycles. The Morgan fingerprint density at radius 1 is 1.12 bits per heavy atom. The van der Waals surface area contributed by atoms with Crippen molar-refractivity contribution in [3.63, 3.8) is 0 Å². The lowest BCUT2D eigenvalue weighted by Gasteiger charge is -2.28. The van der Waals surface area contributed by atoms with E-state index in [1.54, 1.807) is 36.4 Å². The van der Waals surface area contributed by atoms with Gasteiger partial charge in [-0.15, -0.1) is 0 Å². The van der Waals surface area contributed by atoms with Crippen molar-refractivity contribution in [3.8, 4) is 0 Å². The highest BCUT2D eigenvalue weighted by Gasteiger charge is 2.31. The smallest absolute Gasteiger partial charge is 0.246 e. The van der Waals surface area contributed by atoms with Crippen molar-refractivity contribution in [2.24, 2.45) is 0 Å². The molecule has 7 heteroatoms. The largest absolute Gasteiger partial charge is 0.375 e. The molecule has 1 aliphatic rings. The molecule has 130 valence electrons. The third-order valence-corrected chi connectivity index (χ3v) is 5.56. The van der Waals surface area contributed by atoms with Crippen molar-refractivity contribution < 1.29 is 13.2 Å². The lowest BCUT2D eigenvalue weighted by atomic mass is 10.2. The summed E-state index contributed by atoms with van der Waals surface area (Å²) in [7, 11) is -3.27. The van der Waals surface area contributed by atoms with E-state index in [1.807, 2.05) is 24.3 Å². The zero-order valence-corrected chi connectivity index (χ0v) is 14.9. The van der Waals surface area contributed by atoms with E-state index in [0.29, 0.717) is 16.4 Å². The van der Waals surface area contributed by atoms with Crippen LogP contribution in [0.15, 0.2) is 66.1 Å². The molecule has 1 amide bonds. The fourth-order valence-corrected chi connectivity index (χ4v) is 4.16. The van der Waals surface area contributed by atoms with Gasteiger partial charge < -0.3 is 10.2 Å². The topological polar surface area (TPSA) is 66.5 Å². The number of para-hydroxylation sites is 2. The number of sulfone groups is 1. The molecule has 0 saturated heterocycles. The molecule has 0 bridgehead atoms. The molecule has 1 atom stereocenters. The first kappa shape index (κ1) is 17.5. The highest BCUT2D eigenvalue weighted by molar-refractivity contribution is 7.94. The third kappa shape index (κ3) is 4.21. The van der Waals surface area contributed by atoms with Gasteiger partial charge in [-0.25, -0.2) is 8.42 Å². The highest BCUT2D eigenvalue weighted by Crippen LogP contribution is 2.24. The molecule has 1 N–H and O–H groups in total. The number of hydrogen-bond donors (Lipinski definition) is 1. The molecule has 25 heavy (non-hydrogen) atoms. The van der Waals surface area contributed by atoms with Crippen LogP contribution in [0.25, 0.3) is 0 Å². The van der Waals surface area contributed by atoms with E-state index in [4.69, 9.17) is 11.6 Å². The summed E-state index contributed by atoms with van der Waals surface area (Å²) in [6, 6.07) is 15.6. The standard InChI is InChI=1S/C18H17ClN2O3S/c19-16-8-4-5-9-17(16)20-12-18(22)21(14-6-2-1-3-7-14)15-10-11-25(23,24)13-15/h1-11,15,20H,12-13H2/t15-/m1/s1. The van der Waals surface area contributed by atoms with Gasteiger partial charge in [0.25, 0.3) is 0 Å². The van der Waals surface area contributed by atoms with Crippen LogP contribution in [-0.4, -0.2) is 32.7 Å². The van der Waals surface area contributed by atoms with E-state index < -0.39 is 15.9 Å². The van der Waals surface area contributed by atoms with Gasteiger partial charge in [0.1, 0.15) is 0 Å². The Balaban J connectivity index is 1.81. The maximum Gasteiger partial charge on any atom is 0.246 e. The second-order valence-electron chi connectivity index (χ2n) is 5.66. The zero-order valence-electron chi connectivity index (χ0n) is 13.3. The first-order chi connectivity index (χ1) is 12.0. The average molecular weight is 377 g/mol. The van der Waals surface area contributed by atoms with Crippen LogP contribution in [0.4, 0.5) is 11.4 Å².